The van der Waals surface area contributed by atoms with Gasteiger partial charge >= 0.3 is 11.9 Å². The maximum absolute atomic E-state index is 14.0. The van der Waals surface area contributed by atoms with Crippen LogP contribution in [0.1, 0.15) is 182 Å². The highest BCUT2D eigenvalue weighted by molar-refractivity contribution is 7.46. The number of unbranched alkanes of at least 4 members (excludes halogenated alkanes) is 16. The molecule has 0 saturated heterocycles. The minimum atomic E-state index is -5.35. The number of Topliss-reactive ketones (excluding diaryl/α,β-unsaturated/α-hetero) is 2. The van der Waals surface area contributed by atoms with Crippen molar-refractivity contribution in [2.45, 2.75) is 193 Å². The Labute approximate surface area is 316 Å². The number of likely N-dealkylation sites (N-methyl/N-ethyl adjacent to an activating group) is 1. The highest BCUT2D eigenvalue weighted by Crippen LogP contribution is 2.45. The molecule has 0 aliphatic carbocycles. The number of quaternary nitrogens is 1. The van der Waals surface area contributed by atoms with Crippen molar-refractivity contribution in [2.75, 3.05) is 40.9 Å². The fraction of sp³-hybridized carbons (Fsp3) is 0.900. The predicted octanol–water partition coefficient (Wildman–Crippen LogP) is 8.97. The summed E-state index contributed by atoms with van der Waals surface area (Å²) in [7, 11) is -0.0333. The minimum Gasteiger partial charge on any atom is -0.756 e. The number of ketones is 2. The molecule has 0 bridgehead atoms. The summed E-state index contributed by atoms with van der Waals surface area (Å²) in [6.45, 7) is 7.11. The molecule has 0 aromatic carbocycles. The Morgan fingerprint density at radius 3 is 1.37 bits per heavy atom. The lowest BCUT2D eigenvalue weighted by Gasteiger charge is -2.40. The third kappa shape index (κ3) is 25.4. The molecule has 0 amide bonds. The SMILES string of the molecule is CCCCCCCC(=O)OC[C@H](COP(=O)([O-])OC(C[N+](C)(C)C)(C(=O)CCCCCCC)C(=O)CCCCCCC)OC(=O)CCCCCCC. The molecule has 0 saturated carbocycles. The van der Waals surface area contributed by atoms with Crippen molar-refractivity contribution in [3.05, 3.63) is 0 Å². The van der Waals surface area contributed by atoms with Crippen molar-refractivity contribution < 1.29 is 51.6 Å². The van der Waals surface area contributed by atoms with Gasteiger partial charge in [0.05, 0.1) is 27.7 Å². The summed E-state index contributed by atoms with van der Waals surface area (Å²) in [4.78, 5) is 66.8. The first kappa shape index (κ1) is 50.4. The Morgan fingerprint density at radius 2 is 0.962 bits per heavy atom. The van der Waals surface area contributed by atoms with Gasteiger partial charge < -0.3 is 23.4 Å². The largest absolute Gasteiger partial charge is 0.756 e. The van der Waals surface area contributed by atoms with Crippen LogP contribution in [0.3, 0.4) is 0 Å². The number of carbonyl (C=O) groups is 4. The lowest BCUT2D eigenvalue weighted by Crippen LogP contribution is -2.60. The van der Waals surface area contributed by atoms with Crippen molar-refractivity contribution in [2.24, 2.45) is 0 Å². The van der Waals surface area contributed by atoms with E-state index in [0.717, 1.165) is 103 Å². The quantitative estimate of drug-likeness (QED) is 0.0199. The van der Waals surface area contributed by atoms with Crippen LogP contribution in [0.15, 0.2) is 0 Å². The Bertz CT molecular complexity index is 1000. The minimum absolute atomic E-state index is 0.00181. The number of nitrogens with zero attached hydrogens (tertiary/aromatic N) is 1. The van der Waals surface area contributed by atoms with Crippen LogP contribution in [0.4, 0.5) is 0 Å². The summed E-state index contributed by atoms with van der Waals surface area (Å²) in [6, 6.07) is 0. The second kappa shape index (κ2) is 29.7. The molecule has 11 nitrogen and oxygen atoms in total. The Morgan fingerprint density at radius 1 is 0.577 bits per heavy atom. The second-order valence-electron chi connectivity index (χ2n) is 15.4. The molecule has 1 unspecified atom stereocenters. The fourth-order valence-corrected chi connectivity index (χ4v) is 7.11. The fourth-order valence-electron chi connectivity index (χ4n) is 6.07. The second-order valence-corrected chi connectivity index (χ2v) is 16.7. The standard InChI is InChI=1S/C40H76NO10P/c1-8-12-16-20-24-28-36(42)40(34-41(5,6)7,37(43)29-25-21-17-13-9-2)51-52(46,47)49-33-35(50-39(45)31-27-23-19-15-11-4)32-48-38(44)30-26-22-18-14-10-3/h35H,8-34H2,1-7H3/t35-/m1/s1. The van der Waals surface area contributed by atoms with E-state index >= 15 is 0 Å². The van der Waals surface area contributed by atoms with E-state index in [1.54, 1.807) is 21.1 Å². The average molecular weight is 762 g/mol. The summed E-state index contributed by atoms with van der Waals surface area (Å²) in [5.74, 6) is -2.18. The topological polar surface area (TPSA) is 145 Å². The first-order chi connectivity index (χ1) is 24.7. The molecule has 0 heterocycles. The van der Waals surface area contributed by atoms with Crippen LogP contribution in [0.25, 0.3) is 0 Å². The van der Waals surface area contributed by atoms with Crippen LogP contribution < -0.4 is 4.89 Å². The maximum Gasteiger partial charge on any atom is 0.306 e. The number of phosphoric acid groups is 1. The maximum atomic E-state index is 14.0. The molecular formula is C40H76NO10P. The zero-order chi connectivity index (χ0) is 39.3. The van der Waals surface area contributed by atoms with E-state index in [1.807, 2.05) is 0 Å². The Balaban J connectivity index is 6.06. The van der Waals surface area contributed by atoms with E-state index in [-0.39, 0.29) is 36.7 Å². The highest BCUT2D eigenvalue weighted by atomic mass is 31.2. The Hall–Kier alpha value is -1.65. The smallest absolute Gasteiger partial charge is 0.306 e. The third-order valence-electron chi connectivity index (χ3n) is 9.00. The van der Waals surface area contributed by atoms with Gasteiger partial charge in [-0.15, -0.1) is 0 Å². The zero-order valence-electron chi connectivity index (χ0n) is 34.1. The number of hydrogen-bond acceptors (Lipinski definition) is 10. The molecule has 0 fully saturated rings. The number of hydrogen-bond donors (Lipinski definition) is 0. The third-order valence-corrected chi connectivity index (χ3v) is 10.00. The highest BCUT2D eigenvalue weighted by Gasteiger charge is 2.52. The molecular weight excluding hydrogens is 685 g/mol. The summed E-state index contributed by atoms with van der Waals surface area (Å²) < 4.78 is 35.6. The lowest BCUT2D eigenvalue weighted by atomic mass is 9.86. The number of phosphoric ester groups is 1. The van der Waals surface area contributed by atoms with E-state index in [1.165, 1.54) is 0 Å². The predicted molar refractivity (Wildman–Crippen MR) is 205 cm³/mol. The van der Waals surface area contributed by atoms with Gasteiger partial charge in [-0.05, 0) is 25.7 Å². The molecule has 0 N–H and O–H groups in total. The lowest BCUT2D eigenvalue weighted by molar-refractivity contribution is -0.874. The van der Waals surface area contributed by atoms with Gasteiger partial charge in [-0.3, -0.25) is 28.3 Å². The van der Waals surface area contributed by atoms with Gasteiger partial charge in [0.1, 0.15) is 13.2 Å². The van der Waals surface area contributed by atoms with Crippen molar-refractivity contribution >= 4 is 31.3 Å². The van der Waals surface area contributed by atoms with Crippen LogP contribution in [0.5, 0.6) is 0 Å². The van der Waals surface area contributed by atoms with Crippen LogP contribution in [-0.4, -0.2) is 80.6 Å². The van der Waals surface area contributed by atoms with Gasteiger partial charge in [0.2, 0.25) is 5.60 Å². The van der Waals surface area contributed by atoms with E-state index in [0.29, 0.717) is 25.7 Å². The first-order valence-electron chi connectivity index (χ1n) is 20.5. The van der Waals surface area contributed by atoms with Gasteiger partial charge in [-0.25, -0.2) is 0 Å². The Kier molecular flexibility index (Phi) is 28.7. The van der Waals surface area contributed by atoms with E-state index in [2.05, 4.69) is 27.7 Å². The molecule has 0 radical (unpaired) electrons. The van der Waals surface area contributed by atoms with Gasteiger partial charge in [0, 0.05) is 25.7 Å². The van der Waals surface area contributed by atoms with Gasteiger partial charge in [0.15, 0.2) is 17.7 Å². The van der Waals surface area contributed by atoms with Crippen LogP contribution in [0, 0.1) is 0 Å². The van der Waals surface area contributed by atoms with Gasteiger partial charge in [-0.1, -0.05) is 130 Å². The molecule has 2 atom stereocenters. The van der Waals surface area contributed by atoms with Gasteiger partial charge in [-0.2, -0.15) is 0 Å². The number of rotatable bonds is 36. The molecule has 0 aliphatic rings. The van der Waals surface area contributed by atoms with Crippen molar-refractivity contribution in [1.29, 1.82) is 0 Å². The monoisotopic (exact) mass is 762 g/mol. The first-order valence-corrected chi connectivity index (χ1v) is 22.0. The van der Waals surface area contributed by atoms with Crippen molar-refractivity contribution in [3.63, 3.8) is 0 Å². The van der Waals surface area contributed by atoms with Crippen LogP contribution in [0.2, 0.25) is 0 Å². The van der Waals surface area contributed by atoms with Gasteiger partial charge in [0.25, 0.3) is 7.82 Å². The molecule has 0 aliphatic heterocycles. The number of ether oxygens (including phenoxy) is 2. The average Bonchev–Trinajstić information content (AvgIpc) is 3.07. The molecule has 0 rings (SSSR count). The molecule has 12 heteroatoms. The van der Waals surface area contributed by atoms with E-state index in [4.69, 9.17) is 18.5 Å². The number of esters is 2. The molecule has 306 valence electrons. The van der Waals surface area contributed by atoms with Crippen molar-refractivity contribution in [1.82, 2.24) is 0 Å². The molecule has 0 aromatic rings. The molecule has 0 aromatic heterocycles. The normalized spacial score (nSPS) is 13.8. The summed E-state index contributed by atoms with van der Waals surface area (Å²) in [6.07, 6.45) is 17.0. The van der Waals surface area contributed by atoms with E-state index < -0.39 is 56.2 Å². The zero-order valence-corrected chi connectivity index (χ0v) is 35.0. The summed E-state index contributed by atoms with van der Waals surface area (Å²) in [5, 5.41) is 0. The van der Waals surface area contributed by atoms with Crippen LogP contribution >= 0.6 is 7.82 Å². The molecule has 52 heavy (non-hydrogen) atoms. The summed E-state index contributed by atoms with van der Waals surface area (Å²) in [5.41, 5.74) is -2.26. The number of carbonyl (C=O) groups excluding carboxylic acids is 4. The molecule has 0 spiro atoms. The summed E-state index contributed by atoms with van der Waals surface area (Å²) >= 11 is 0. The van der Waals surface area contributed by atoms with Crippen LogP contribution in [-0.2, 0) is 42.3 Å². The van der Waals surface area contributed by atoms with Crippen molar-refractivity contribution in [3.8, 4) is 0 Å². The van der Waals surface area contributed by atoms with E-state index in [9.17, 15) is 28.6 Å².